The van der Waals surface area contributed by atoms with Crippen LogP contribution in [0.15, 0.2) is 70.2 Å². The summed E-state index contributed by atoms with van der Waals surface area (Å²) < 4.78 is 55.9. The van der Waals surface area contributed by atoms with Crippen molar-refractivity contribution >= 4 is 37.0 Å². The van der Waals surface area contributed by atoms with Crippen molar-refractivity contribution < 1.29 is 17.2 Å². The molecule has 0 spiro atoms. The van der Waals surface area contributed by atoms with Crippen molar-refractivity contribution in [1.82, 2.24) is 8.96 Å². The van der Waals surface area contributed by atoms with Gasteiger partial charge in [-0.1, -0.05) is 42.8 Å². The highest BCUT2D eigenvalue weighted by atomic mass is 79.9. The fourth-order valence-corrected chi connectivity index (χ4v) is 5.62. The first-order valence-electron chi connectivity index (χ1n) is 9.63. The van der Waals surface area contributed by atoms with Crippen molar-refractivity contribution in [2.45, 2.75) is 31.6 Å². The molecule has 0 saturated carbocycles. The van der Waals surface area contributed by atoms with E-state index in [0.717, 1.165) is 5.56 Å². The number of pyridine rings is 1. The lowest BCUT2D eigenvalue weighted by Crippen LogP contribution is -2.16. The molecule has 0 aliphatic rings. The van der Waals surface area contributed by atoms with E-state index in [1.165, 1.54) is 22.3 Å². The van der Waals surface area contributed by atoms with Crippen molar-refractivity contribution in [3.8, 4) is 11.1 Å². The number of fused-ring (bicyclic) bond motifs is 1. The average molecular weight is 505 g/mol. The first-order valence-corrected chi connectivity index (χ1v) is 11.9. The van der Waals surface area contributed by atoms with Gasteiger partial charge in [-0.05, 0) is 59.1 Å². The first-order chi connectivity index (χ1) is 14.7. The Hall–Kier alpha value is -2.58. The molecule has 2 aromatic carbocycles. The van der Waals surface area contributed by atoms with Crippen molar-refractivity contribution in [3.63, 3.8) is 0 Å². The monoisotopic (exact) mass is 504 g/mol. The highest BCUT2D eigenvalue weighted by Crippen LogP contribution is 2.39. The molecular weight excluding hydrogens is 486 g/mol. The van der Waals surface area contributed by atoms with E-state index in [0.29, 0.717) is 33.1 Å². The van der Waals surface area contributed by atoms with Crippen LogP contribution in [0.25, 0.3) is 22.2 Å². The molecule has 0 atom stereocenters. The molecule has 4 aromatic rings. The summed E-state index contributed by atoms with van der Waals surface area (Å²) >= 11 is 3.39. The van der Waals surface area contributed by atoms with Gasteiger partial charge in [0.2, 0.25) is 0 Å². The largest absolute Gasteiger partial charge is 0.269 e. The second-order valence-electron chi connectivity index (χ2n) is 7.21. The Morgan fingerprint density at radius 2 is 1.81 bits per heavy atom. The Kier molecular flexibility index (Phi) is 5.70. The molecule has 160 valence electrons. The number of aryl methyl sites for hydroxylation is 1. The maximum absolute atomic E-state index is 13.6. The number of benzene rings is 2. The van der Waals surface area contributed by atoms with Gasteiger partial charge in [-0.25, -0.2) is 26.2 Å². The van der Waals surface area contributed by atoms with E-state index >= 15 is 0 Å². The summed E-state index contributed by atoms with van der Waals surface area (Å²) in [6, 6.07) is 14.4. The third-order valence-electron chi connectivity index (χ3n) is 5.15. The van der Waals surface area contributed by atoms with E-state index in [9.17, 15) is 17.2 Å². The van der Waals surface area contributed by atoms with Crippen LogP contribution in [0.5, 0.6) is 0 Å². The molecule has 0 radical (unpaired) electrons. The number of aromatic nitrogens is 2. The number of hydrogen-bond acceptors (Lipinski definition) is 3. The third kappa shape index (κ3) is 3.78. The molecule has 0 N–H and O–H groups in total. The molecule has 4 nitrogen and oxygen atoms in total. The lowest BCUT2D eigenvalue weighted by atomic mass is 10.00. The summed E-state index contributed by atoms with van der Waals surface area (Å²) in [6.07, 6.45) is -0.727. The number of alkyl halides is 2. The molecule has 0 aliphatic heterocycles. The Morgan fingerprint density at radius 3 is 2.45 bits per heavy atom. The second kappa shape index (κ2) is 8.16. The Balaban J connectivity index is 2.09. The second-order valence-corrected chi connectivity index (χ2v) is 9.91. The van der Waals surface area contributed by atoms with Gasteiger partial charge in [0.25, 0.3) is 16.4 Å². The molecule has 0 unspecified atom stereocenters. The molecule has 0 fully saturated rings. The molecule has 8 heteroatoms. The molecule has 2 aromatic heterocycles. The van der Waals surface area contributed by atoms with Crippen LogP contribution in [0.1, 0.15) is 30.2 Å². The zero-order valence-electron chi connectivity index (χ0n) is 16.8. The Bertz CT molecular complexity index is 1380. The maximum Gasteiger partial charge on any atom is 0.269 e. The summed E-state index contributed by atoms with van der Waals surface area (Å²) in [4.78, 5) is 4.53. The van der Waals surface area contributed by atoms with Crippen LogP contribution in [0.4, 0.5) is 8.78 Å². The van der Waals surface area contributed by atoms with Gasteiger partial charge in [-0.15, -0.1) is 0 Å². The van der Waals surface area contributed by atoms with Crippen LogP contribution in [-0.4, -0.2) is 17.4 Å². The molecule has 2 heterocycles. The summed E-state index contributed by atoms with van der Waals surface area (Å²) in [5.41, 5.74) is 2.69. The minimum absolute atomic E-state index is 0.121. The standard InChI is InChI=1S/C23H19BrF2N2O2S/c1-3-20-21(15-5-4-6-16(11-15)22(25)26)19-12-17(24)13-27-23(19)28(20)31(29,30)18-9-7-14(2)8-10-18/h4-13,22H,3H2,1-2H3. The van der Waals surface area contributed by atoms with Crippen LogP contribution in [0, 0.1) is 6.92 Å². The lowest BCUT2D eigenvalue weighted by Gasteiger charge is -2.12. The zero-order valence-corrected chi connectivity index (χ0v) is 19.2. The lowest BCUT2D eigenvalue weighted by molar-refractivity contribution is 0.151. The van der Waals surface area contributed by atoms with E-state index in [1.54, 1.807) is 42.5 Å². The first kappa shape index (κ1) is 21.6. The zero-order chi connectivity index (χ0) is 22.3. The van der Waals surface area contributed by atoms with E-state index < -0.39 is 16.4 Å². The van der Waals surface area contributed by atoms with Gasteiger partial charge in [-0.2, -0.15) is 0 Å². The van der Waals surface area contributed by atoms with E-state index in [2.05, 4.69) is 20.9 Å². The average Bonchev–Trinajstić information content (AvgIpc) is 3.08. The molecular formula is C23H19BrF2N2O2S. The number of nitrogens with zero attached hydrogens (tertiary/aromatic N) is 2. The molecule has 0 bridgehead atoms. The molecule has 0 saturated heterocycles. The normalized spacial score (nSPS) is 12.1. The topological polar surface area (TPSA) is 52.0 Å². The fourth-order valence-electron chi connectivity index (χ4n) is 3.71. The van der Waals surface area contributed by atoms with Crippen molar-refractivity contribution in [1.29, 1.82) is 0 Å². The highest BCUT2D eigenvalue weighted by Gasteiger charge is 2.28. The van der Waals surface area contributed by atoms with Crippen LogP contribution in [0.2, 0.25) is 0 Å². The Labute approximate surface area is 187 Å². The molecule has 4 rings (SSSR count). The number of halogens is 3. The smallest absolute Gasteiger partial charge is 0.236 e. The fraction of sp³-hybridized carbons (Fsp3) is 0.174. The predicted octanol–water partition coefficient (Wildman–Crippen LogP) is 6.51. The van der Waals surface area contributed by atoms with Crippen LogP contribution in [0.3, 0.4) is 0 Å². The van der Waals surface area contributed by atoms with Crippen LogP contribution >= 0.6 is 15.9 Å². The van der Waals surface area contributed by atoms with Crippen LogP contribution in [-0.2, 0) is 16.4 Å². The summed E-state index contributed by atoms with van der Waals surface area (Å²) in [5, 5.41) is 0.577. The van der Waals surface area contributed by atoms with Gasteiger partial charge >= 0.3 is 0 Å². The van der Waals surface area contributed by atoms with E-state index in [4.69, 9.17) is 0 Å². The van der Waals surface area contributed by atoms with Gasteiger partial charge in [0, 0.05) is 32.9 Å². The summed E-state index contributed by atoms with van der Waals surface area (Å²) in [6.45, 7) is 3.72. The van der Waals surface area contributed by atoms with Crippen molar-refractivity contribution in [2.75, 3.05) is 0 Å². The third-order valence-corrected chi connectivity index (χ3v) is 7.33. The van der Waals surface area contributed by atoms with Crippen molar-refractivity contribution in [3.05, 3.63) is 82.1 Å². The van der Waals surface area contributed by atoms with E-state index in [1.807, 2.05) is 13.8 Å². The van der Waals surface area contributed by atoms with Gasteiger partial charge < -0.3 is 0 Å². The predicted molar refractivity (Wildman–Crippen MR) is 121 cm³/mol. The minimum Gasteiger partial charge on any atom is -0.236 e. The quantitative estimate of drug-likeness (QED) is 0.311. The SMILES string of the molecule is CCc1c(-c2cccc(C(F)F)c2)c2cc(Br)cnc2n1S(=O)(=O)c1ccc(C)cc1. The number of rotatable bonds is 5. The minimum atomic E-state index is -3.96. The van der Waals surface area contributed by atoms with Gasteiger partial charge in [0.1, 0.15) is 0 Å². The summed E-state index contributed by atoms with van der Waals surface area (Å²) in [7, 11) is -3.96. The van der Waals surface area contributed by atoms with Gasteiger partial charge in [0.05, 0.1) is 4.90 Å². The van der Waals surface area contributed by atoms with E-state index in [-0.39, 0.29) is 16.1 Å². The van der Waals surface area contributed by atoms with Gasteiger partial charge in [0.15, 0.2) is 5.65 Å². The molecule has 31 heavy (non-hydrogen) atoms. The van der Waals surface area contributed by atoms with Gasteiger partial charge in [-0.3, -0.25) is 0 Å². The molecule has 0 amide bonds. The summed E-state index contributed by atoms with van der Waals surface area (Å²) in [5.74, 6) is 0. The molecule has 0 aliphatic carbocycles. The van der Waals surface area contributed by atoms with Crippen molar-refractivity contribution in [2.24, 2.45) is 0 Å². The van der Waals surface area contributed by atoms with Crippen LogP contribution < -0.4 is 0 Å². The Morgan fingerprint density at radius 1 is 1.10 bits per heavy atom. The maximum atomic E-state index is 13.6. The number of hydrogen-bond donors (Lipinski definition) is 0. The highest BCUT2D eigenvalue weighted by molar-refractivity contribution is 9.10.